The molecule has 2 aliphatic rings. The Morgan fingerprint density at radius 1 is 1.47 bits per heavy atom. The summed E-state index contributed by atoms with van der Waals surface area (Å²) in [4.78, 5) is 12.0. The highest BCUT2D eigenvalue weighted by atomic mass is 35.5. The van der Waals surface area contributed by atoms with Crippen molar-refractivity contribution >= 4 is 17.5 Å². The molecule has 0 saturated heterocycles. The van der Waals surface area contributed by atoms with Gasteiger partial charge in [0.15, 0.2) is 0 Å². The first-order chi connectivity index (χ1) is 7.20. The molecule has 0 aromatic heterocycles. The Hall–Kier alpha value is -0.240. The first-order valence-corrected chi connectivity index (χ1v) is 6.60. The maximum Gasteiger partial charge on any atom is 0.223 e. The van der Waals surface area contributed by atoms with E-state index in [4.69, 9.17) is 11.6 Å². The fourth-order valence-corrected chi connectivity index (χ4v) is 3.48. The second kappa shape index (κ2) is 4.73. The van der Waals surface area contributed by atoms with Gasteiger partial charge in [-0.15, -0.1) is 11.6 Å². The zero-order chi connectivity index (χ0) is 10.8. The molecule has 15 heavy (non-hydrogen) atoms. The molecule has 1 amide bonds. The van der Waals surface area contributed by atoms with Crippen molar-refractivity contribution in [2.45, 2.75) is 45.1 Å². The van der Waals surface area contributed by atoms with Crippen LogP contribution in [-0.4, -0.2) is 17.8 Å². The summed E-state index contributed by atoms with van der Waals surface area (Å²) in [5, 5.41) is 3.08. The molecule has 0 aromatic carbocycles. The van der Waals surface area contributed by atoms with Crippen LogP contribution in [0.3, 0.4) is 0 Å². The predicted octanol–water partition coefficient (Wildman–Crippen LogP) is 2.56. The molecule has 0 aromatic rings. The molecular formula is C12H20ClNO. The van der Waals surface area contributed by atoms with Gasteiger partial charge in [-0.05, 0) is 44.4 Å². The average Bonchev–Trinajstić information content (AvgIpc) is 2.78. The monoisotopic (exact) mass is 229 g/mol. The molecule has 2 fully saturated rings. The standard InChI is InChI=1S/C12H20ClNO/c1-8(4-5-13)14-12(15)11-7-9-2-3-10(11)6-9/h8-11H,2-7H2,1H3,(H,14,15). The van der Waals surface area contributed by atoms with Gasteiger partial charge in [-0.2, -0.15) is 0 Å². The van der Waals surface area contributed by atoms with Crippen molar-refractivity contribution in [3.05, 3.63) is 0 Å². The molecule has 4 atom stereocenters. The Balaban J connectivity index is 1.81. The van der Waals surface area contributed by atoms with Crippen LogP contribution in [0.4, 0.5) is 0 Å². The van der Waals surface area contributed by atoms with E-state index in [1.165, 1.54) is 19.3 Å². The summed E-state index contributed by atoms with van der Waals surface area (Å²) < 4.78 is 0. The molecule has 0 spiro atoms. The number of rotatable bonds is 4. The van der Waals surface area contributed by atoms with Gasteiger partial charge in [-0.3, -0.25) is 4.79 Å². The highest BCUT2D eigenvalue weighted by molar-refractivity contribution is 6.17. The molecule has 2 rings (SSSR count). The molecule has 0 heterocycles. The van der Waals surface area contributed by atoms with Gasteiger partial charge in [-0.1, -0.05) is 6.42 Å². The van der Waals surface area contributed by atoms with Crippen LogP contribution >= 0.6 is 11.6 Å². The van der Waals surface area contributed by atoms with Crippen molar-refractivity contribution in [2.75, 3.05) is 5.88 Å². The lowest BCUT2D eigenvalue weighted by Crippen LogP contribution is -2.39. The third-order valence-corrected chi connectivity index (χ3v) is 4.22. The predicted molar refractivity (Wildman–Crippen MR) is 61.9 cm³/mol. The second-order valence-electron chi connectivity index (χ2n) is 5.17. The number of fused-ring (bicyclic) bond motifs is 2. The molecule has 1 N–H and O–H groups in total. The topological polar surface area (TPSA) is 29.1 Å². The van der Waals surface area contributed by atoms with E-state index in [1.807, 2.05) is 6.92 Å². The van der Waals surface area contributed by atoms with Crippen molar-refractivity contribution in [1.82, 2.24) is 5.32 Å². The Morgan fingerprint density at radius 3 is 2.80 bits per heavy atom. The third-order valence-electron chi connectivity index (χ3n) is 4.01. The highest BCUT2D eigenvalue weighted by Gasteiger charge is 2.43. The highest BCUT2D eigenvalue weighted by Crippen LogP contribution is 2.48. The number of hydrogen-bond donors (Lipinski definition) is 1. The van der Waals surface area contributed by atoms with Crippen molar-refractivity contribution in [3.8, 4) is 0 Å². The van der Waals surface area contributed by atoms with E-state index < -0.39 is 0 Å². The lowest BCUT2D eigenvalue weighted by Gasteiger charge is -2.23. The number of alkyl halides is 1. The third kappa shape index (κ3) is 2.47. The van der Waals surface area contributed by atoms with Crippen LogP contribution in [0, 0.1) is 17.8 Å². The lowest BCUT2D eigenvalue weighted by atomic mass is 9.88. The summed E-state index contributed by atoms with van der Waals surface area (Å²) in [6.45, 7) is 2.04. The maximum absolute atomic E-state index is 12.0. The van der Waals surface area contributed by atoms with E-state index in [1.54, 1.807) is 0 Å². The van der Waals surface area contributed by atoms with Gasteiger partial charge in [0.05, 0.1) is 0 Å². The molecular weight excluding hydrogens is 210 g/mol. The molecule has 2 bridgehead atoms. The summed E-state index contributed by atoms with van der Waals surface area (Å²) in [5.41, 5.74) is 0. The quantitative estimate of drug-likeness (QED) is 0.738. The fraction of sp³-hybridized carbons (Fsp3) is 0.917. The Morgan fingerprint density at radius 2 is 2.27 bits per heavy atom. The summed E-state index contributed by atoms with van der Waals surface area (Å²) in [6, 6.07) is 0.231. The van der Waals surface area contributed by atoms with Crippen molar-refractivity contribution in [1.29, 1.82) is 0 Å². The smallest absolute Gasteiger partial charge is 0.223 e. The van der Waals surface area contributed by atoms with Crippen LogP contribution in [0.25, 0.3) is 0 Å². The van der Waals surface area contributed by atoms with Gasteiger partial charge in [0.2, 0.25) is 5.91 Å². The average molecular weight is 230 g/mol. The van der Waals surface area contributed by atoms with E-state index in [9.17, 15) is 4.79 Å². The minimum Gasteiger partial charge on any atom is -0.353 e. The van der Waals surface area contributed by atoms with Gasteiger partial charge in [0.25, 0.3) is 0 Å². The second-order valence-corrected chi connectivity index (χ2v) is 5.55. The van der Waals surface area contributed by atoms with Crippen molar-refractivity contribution < 1.29 is 4.79 Å². The van der Waals surface area contributed by atoms with Gasteiger partial charge in [0, 0.05) is 17.8 Å². The van der Waals surface area contributed by atoms with Crippen LogP contribution < -0.4 is 5.32 Å². The van der Waals surface area contributed by atoms with E-state index in [0.717, 1.165) is 18.8 Å². The number of amides is 1. The minimum absolute atomic E-state index is 0.231. The minimum atomic E-state index is 0.231. The lowest BCUT2D eigenvalue weighted by molar-refractivity contribution is -0.127. The molecule has 86 valence electrons. The van der Waals surface area contributed by atoms with Gasteiger partial charge >= 0.3 is 0 Å². The zero-order valence-electron chi connectivity index (χ0n) is 9.34. The van der Waals surface area contributed by atoms with Crippen LogP contribution in [0.15, 0.2) is 0 Å². The maximum atomic E-state index is 12.0. The molecule has 2 aliphatic carbocycles. The number of carbonyl (C=O) groups excluding carboxylic acids is 1. The molecule has 0 aliphatic heterocycles. The van der Waals surface area contributed by atoms with E-state index in [-0.39, 0.29) is 11.9 Å². The molecule has 2 saturated carbocycles. The molecule has 4 unspecified atom stereocenters. The number of hydrogen-bond acceptors (Lipinski definition) is 1. The molecule has 0 radical (unpaired) electrons. The summed E-state index contributed by atoms with van der Waals surface area (Å²) in [7, 11) is 0. The van der Waals surface area contributed by atoms with Crippen LogP contribution in [0.1, 0.15) is 39.0 Å². The summed E-state index contributed by atoms with van der Waals surface area (Å²) >= 11 is 5.65. The first kappa shape index (κ1) is 11.3. The number of halogens is 1. The van der Waals surface area contributed by atoms with E-state index in [2.05, 4.69) is 5.32 Å². The summed E-state index contributed by atoms with van der Waals surface area (Å²) in [6.07, 6.45) is 5.92. The van der Waals surface area contributed by atoms with E-state index in [0.29, 0.717) is 17.7 Å². The SMILES string of the molecule is CC(CCCl)NC(=O)C1CC2CCC1C2. The van der Waals surface area contributed by atoms with E-state index >= 15 is 0 Å². The van der Waals surface area contributed by atoms with Gasteiger partial charge in [-0.25, -0.2) is 0 Å². The molecule has 3 heteroatoms. The van der Waals surface area contributed by atoms with Crippen molar-refractivity contribution in [3.63, 3.8) is 0 Å². The largest absolute Gasteiger partial charge is 0.353 e. The molecule has 2 nitrogen and oxygen atoms in total. The summed E-state index contributed by atoms with van der Waals surface area (Å²) in [5.74, 6) is 2.73. The van der Waals surface area contributed by atoms with Crippen LogP contribution in [0.5, 0.6) is 0 Å². The Kier molecular flexibility index (Phi) is 3.55. The zero-order valence-corrected chi connectivity index (χ0v) is 10.1. The Bertz CT molecular complexity index is 244. The van der Waals surface area contributed by atoms with Crippen LogP contribution in [0.2, 0.25) is 0 Å². The van der Waals surface area contributed by atoms with Gasteiger partial charge < -0.3 is 5.32 Å². The van der Waals surface area contributed by atoms with Gasteiger partial charge in [0.1, 0.15) is 0 Å². The number of nitrogens with one attached hydrogen (secondary N) is 1. The Labute approximate surface area is 96.8 Å². The first-order valence-electron chi connectivity index (χ1n) is 6.07. The van der Waals surface area contributed by atoms with Crippen molar-refractivity contribution in [2.24, 2.45) is 17.8 Å². The fourth-order valence-electron chi connectivity index (χ4n) is 3.15. The normalized spacial score (nSPS) is 35.5. The van der Waals surface area contributed by atoms with Crippen LogP contribution in [-0.2, 0) is 4.79 Å². The number of carbonyl (C=O) groups is 1.